The van der Waals surface area contributed by atoms with E-state index in [1.54, 1.807) is 19.9 Å². The van der Waals surface area contributed by atoms with Crippen LogP contribution in [0.5, 0.6) is 0 Å². The van der Waals surface area contributed by atoms with E-state index < -0.39 is 11.5 Å². The highest BCUT2D eigenvalue weighted by Crippen LogP contribution is 2.27. The molecule has 0 bridgehead atoms. The third-order valence-corrected chi connectivity index (χ3v) is 3.86. The molecule has 1 heterocycles. The molecule has 1 aromatic heterocycles. The lowest BCUT2D eigenvalue weighted by Crippen LogP contribution is -2.43. The van der Waals surface area contributed by atoms with Gasteiger partial charge in [0.2, 0.25) is 0 Å². The van der Waals surface area contributed by atoms with Gasteiger partial charge in [-0.3, -0.25) is 9.59 Å². The van der Waals surface area contributed by atoms with Crippen LogP contribution in [0.4, 0.5) is 0 Å². The summed E-state index contributed by atoms with van der Waals surface area (Å²) in [6.45, 7) is 5.49. The average molecular weight is 368 g/mol. The molecular weight excluding hydrogens is 350 g/mol. The van der Waals surface area contributed by atoms with Crippen LogP contribution in [0.1, 0.15) is 42.8 Å². The number of carbonyl (C=O) groups excluding carboxylic acids is 1. The number of halogens is 1. The third-order valence-electron chi connectivity index (χ3n) is 3.41. The first-order chi connectivity index (χ1) is 10.2. The number of hydrogen-bond acceptors (Lipinski definition) is 3. The molecule has 1 aromatic carbocycles. The number of rotatable bonds is 5. The van der Waals surface area contributed by atoms with Gasteiger partial charge in [0, 0.05) is 21.8 Å². The Kier molecular flexibility index (Phi) is 4.60. The second-order valence-corrected chi connectivity index (χ2v) is 6.90. The van der Waals surface area contributed by atoms with Crippen molar-refractivity contribution in [2.75, 3.05) is 0 Å². The summed E-state index contributed by atoms with van der Waals surface area (Å²) in [5.41, 5.74) is 0.995. The standard InChI is InChI=1S/C16H18BrNO4/c1-9-6-11(17)7-10-8-12(22-14(9)10)15(21)18-16(2,3)5-4-13(19)20/h6-8H,4-5H2,1-3H3,(H,18,21)(H,19,20). The molecule has 1 amide bonds. The first-order valence-electron chi connectivity index (χ1n) is 6.92. The summed E-state index contributed by atoms with van der Waals surface area (Å²) in [6.07, 6.45) is 0.346. The number of furan rings is 1. The average Bonchev–Trinajstić information content (AvgIpc) is 2.80. The third kappa shape index (κ3) is 3.88. The number of hydrogen-bond donors (Lipinski definition) is 2. The van der Waals surface area contributed by atoms with E-state index >= 15 is 0 Å². The van der Waals surface area contributed by atoms with E-state index in [2.05, 4.69) is 21.2 Å². The predicted octanol–water partition coefficient (Wildman–Crippen LogP) is 3.88. The van der Waals surface area contributed by atoms with Gasteiger partial charge in [-0.25, -0.2) is 0 Å². The largest absolute Gasteiger partial charge is 0.481 e. The molecule has 22 heavy (non-hydrogen) atoms. The number of aliphatic carboxylic acids is 1. The molecule has 0 radical (unpaired) electrons. The van der Waals surface area contributed by atoms with Crippen molar-refractivity contribution in [1.29, 1.82) is 0 Å². The Morgan fingerprint density at radius 1 is 1.32 bits per heavy atom. The maximum atomic E-state index is 12.3. The summed E-state index contributed by atoms with van der Waals surface area (Å²) in [4.78, 5) is 23.0. The Bertz CT molecular complexity index is 733. The minimum absolute atomic E-state index is 0.000531. The van der Waals surface area contributed by atoms with Gasteiger partial charge in [-0.2, -0.15) is 0 Å². The lowest BCUT2D eigenvalue weighted by Gasteiger charge is -2.24. The Morgan fingerprint density at radius 2 is 2.00 bits per heavy atom. The van der Waals surface area contributed by atoms with Crippen LogP contribution in [0, 0.1) is 6.92 Å². The van der Waals surface area contributed by atoms with Crippen molar-refractivity contribution in [3.8, 4) is 0 Å². The van der Waals surface area contributed by atoms with Crippen molar-refractivity contribution >= 4 is 38.8 Å². The number of carboxylic acids is 1. The first-order valence-corrected chi connectivity index (χ1v) is 7.71. The lowest BCUT2D eigenvalue weighted by molar-refractivity contribution is -0.137. The molecule has 0 fully saturated rings. The predicted molar refractivity (Wildman–Crippen MR) is 87.1 cm³/mol. The fourth-order valence-electron chi connectivity index (χ4n) is 2.25. The zero-order valence-corrected chi connectivity index (χ0v) is 14.3. The van der Waals surface area contributed by atoms with Crippen LogP contribution < -0.4 is 5.32 Å². The zero-order chi connectivity index (χ0) is 16.5. The molecule has 0 atom stereocenters. The molecule has 0 unspecified atom stereocenters. The molecule has 2 rings (SSSR count). The van der Waals surface area contributed by atoms with Crippen LogP contribution in [0.2, 0.25) is 0 Å². The van der Waals surface area contributed by atoms with Crippen molar-refractivity contribution in [1.82, 2.24) is 5.32 Å². The number of nitrogens with one attached hydrogen (secondary N) is 1. The molecule has 118 valence electrons. The number of benzene rings is 1. The van der Waals surface area contributed by atoms with Crippen LogP contribution >= 0.6 is 15.9 Å². The fourth-order valence-corrected chi connectivity index (χ4v) is 2.84. The summed E-state index contributed by atoms with van der Waals surface area (Å²) in [5.74, 6) is -1.01. The highest BCUT2D eigenvalue weighted by Gasteiger charge is 2.24. The minimum Gasteiger partial charge on any atom is -0.481 e. The number of amides is 1. The maximum Gasteiger partial charge on any atom is 0.303 e. The summed E-state index contributed by atoms with van der Waals surface area (Å²) in [6, 6.07) is 5.50. The van der Waals surface area contributed by atoms with E-state index in [0.29, 0.717) is 12.0 Å². The molecule has 0 spiro atoms. The molecule has 2 aromatic rings. The van der Waals surface area contributed by atoms with E-state index in [9.17, 15) is 9.59 Å². The Labute approximate surface area is 136 Å². The fraction of sp³-hybridized carbons (Fsp3) is 0.375. The first kappa shape index (κ1) is 16.5. The van der Waals surface area contributed by atoms with Crippen LogP contribution in [0.25, 0.3) is 11.0 Å². The van der Waals surface area contributed by atoms with Crippen LogP contribution in [-0.2, 0) is 4.79 Å². The summed E-state index contributed by atoms with van der Waals surface area (Å²) >= 11 is 3.41. The van der Waals surface area contributed by atoms with E-state index in [1.165, 1.54) is 0 Å². The highest BCUT2D eigenvalue weighted by molar-refractivity contribution is 9.10. The number of carboxylic acid groups (broad SMARTS) is 1. The van der Waals surface area contributed by atoms with Gasteiger partial charge in [-0.05, 0) is 51.0 Å². The molecule has 0 aliphatic carbocycles. The normalized spacial score (nSPS) is 11.6. The van der Waals surface area contributed by atoms with Gasteiger partial charge in [0.1, 0.15) is 5.58 Å². The Balaban J connectivity index is 2.19. The minimum atomic E-state index is -0.883. The van der Waals surface area contributed by atoms with Gasteiger partial charge in [0.05, 0.1) is 0 Å². The van der Waals surface area contributed by atoms with Crippen molar-refractivity contribution in [3.05, 3.63) is 34.0 Å². The van der Waals surface area contributed by atoms with E-state index in [-0.39, 0.29) is 18.1 Å². The second-order valence-electron chi connectivity index (χ2n) is 5.98. The maximum absolute atomic E-state index is 12.3. The number of aryl methyl sites for hydroxylation is 1. The van der Waals surface area contributed by atoms with E-state index in [1.807, 2.05) is 19.1 Å². The van der Waals surface area contributed by atoms with Gasteiger partial charge in [0.15, 0.2) is 5.76 Å². The van der Waals surface area contributed by atoms with Crippen molar-refractivity contribution in [2.24, 2.45) is 0 Å². The monoisotopic (exact) mass is 367 g/mol. The van der Waals surface area contributed by atoms with Gasteiger partial charge >= 0.3 is 5.97 Å². The van der Waals surface area contributed by atoms with Crippen molar-refractivity contribution in [3.63, 3.8) is 0 Å². The molecule has 2 N–H and O–H groups in total. The van der Waals surface area contributed by atoms with E-state index in [0.717, 1.165) is 15.4 Å². The summed E-state index contributed by atoms with van der Waals surface area (Å²) < 4.78 is 6.56. The second kappa shape index (κ2) is 6.12. The van der Waals surface area contributed by atoms with Crippen molar-refractivity contribution in [2.45, 2.75) is 39.2 Å². The van der Waals surface area contributed by atoms with Gasteiger partial charge in [-0.15, -0.1) is 0 Å². The van der Waals surface area contributed by atoms with E-state index in [4.69, 9.17) is 9.52 Å². The Hall–Kier alpha value is -1.82. The quantitative estimate of drug-likeness (QED) is 0.840. The molecular formula is C16H18BrNO4. The van der Waals surface area contributed by atoms with Crippen LogP contribution in [0.15, 0.2) is 27.1 Å². The summed E-state index contributed by atoms with van der Waals surface area (Å²) in [5, 5.41) is 12.4. The van der Waals surface area contributed by atoms with Gasteiger partial charge in [0.25, 0.3) is 5.91 Å². The topological polar surface area (TPSA) is 79.5 Å². The Morgan fingerprint density at radius 3 is 2.64 bits per heavy atom. The zero-order valence-electron chi connectivity index (χ0n) is 12.7. The van der Waals surface area contributed by atoms with Gasteiger partial charge < -0.3 is 14.8 Å². The molecule has 0 saturated heterocycles. The number of fused-ring (bicyclic) bond motifs is 1. The van der Waals surface area contributed by atoms with Gasteiger partial charge in [-0.1, -0.05) is 15.9 Å². The molecule has 0 saturated carbocycles. The molecule has 0 aliphatic heterocycles. The van der Waals surface area contributed by atoms with Crippen LogP contribution in [0.3, 0.4) is 0 Å². The number of carbonyl (C=O) groups is 2. The lowest BCUT2D eigenvalue weighted by atomic mass is 9.98. The SMILES string of the molecule is Cc1cc(Br)cc2cc(C(=O)NC(C)(C)CCC(=O)O)oc12. The molecule has 0 aliphatic rings. The van der Waals surface area contributed by atoms with Crippen molar-refractivity contribution < 1.29 is 19.1 Å². The molecule has 6 heteroatoms. The van der Waals surface area contributed by atoms with Crippen LogP contribution in [-0.4, -0.2) is 22.5 Å². The summed E-state index contributed by atoms with van der Waals surface area (Å²) in [7, 11) is 0. The molecule has 5 nitrogen and oxygen atoms in total. The smallest absolute Gasteiger partial charge is 0.303 e. The highest BCUT2D eigenvalue weighted by atomic mass is 79.9.